The lowest BCUT2D eigenvalue weighted by Crippen LogP contribution is -2.49. The van der Waals surface area contributed by atoms with Gasteiger partial charge in [0.25, 0.3) is 5.56 Å². The molecule has 1 saturated heterocycles. The van der Waals surface area contributed by atoms with Crippen molar-refractivity contribution in [3.63, 3.8) is 0 Å². The highest BCUT2D eigenvalue weighted by atomic mass is 32.1. The number of fused-ring (bicyclic) bond motifs is 4. The highest BCUT2D eigenvalue weighted by Crippen LogP contribution is 2.35. The molecule has 1 N–H and O–H groups in total. The Bertz CT molecular complexity index is 1100. The zero-order valence-corrected chi connectivity index (χ0v) is 17.1. The normalized spacial score (nSPS) is 20.5. The summed E-state index contributed by atoms with van der Waals surface area (Å²) in [5.41, 5.74) is 2.64. The van der Waals surface area contributed by atoms with Gasteiger partial charge in [0.15, 0.2) is 0 Å². The summed E-state index contributed by atoms with van der Waals surface area (Å²) in [5.74, 6) is 1.33. The molecule has 0 radical (unpaired) electrons. The number of carbonyl (C=O) groups excluding carboxylic acids is 1. The maximum absolute atomic E-state index is 13.0. The quantitative estimate of drug-likeness (QED) is 0.718. The first-order chi connectivity index (χ1) is 14.1. The largest absolute Gasteiger partial charge is 0.344 e. The summed E-state index contributed by atoms with van der Waals surface area (Å²) in [5, 5.41) is 3.07. The van der Waals surface area contributed by atoms with Crippen molar-refractivity contribution in [1.82, 2.24) is 24.4 Å². The van der Waals surface area contributed by atoms with E-state index in [0.717, 1.165) is 29.4 Å². The van der Waals surface area contributed by atoms with Gasteiger partial charge in [0, 0.05) is 55.4 Å². The molecule has 0 aromatic carbocycles. The van der Waals surface area contributed by atoms with Gasteiger partial charge in [-0.05, 0) is 37.8 Å². The van der Waals surface area contributed by atoms with Gasteiger partial charge in [-0.25, -0.2) is 9.97 Å². The van der Waals surface area contributed by atoms with E-state index < -0.39 is 0 Å². The third-order valence-electron chi connectivity index (χ3n) is 5.97. The van der Waals surface area contributed by atoms with Crippen molar-refractivity contribution in [1.29, 1.82) is 0 Å². The van der Waals surface area contributed by atoms with Crippen LogP contribution < -0.4 is 5.56 Å². The van der Waals surface area contributed by atoms with Crippen molar-refractivity contribution >= 4 is 17.2 Å². The number of nitrogens with one attached hydrogen (secondary N) is 1. The molecule has 0 aliphatic carbocycles. The van der Waals surface area contributed by atoms with Gasteiger partial charge in [0.1, 0.15) is 5.82 Å². The van der Waals surface area contributed by atoms with E-state index in [1.807, 2.05) is 33.9 Å². The molecule has 0 spiro atoms. The molecular weight excluding hydrogens is 386 g/mol. The van der Waals surface area contributed by atoms with E-state index >= 15 is 0 Å². The van der Waals surface area contributed by atoms with Crippen LogP contribution in [-0.4, -0.2) is 43.4 Å². The summed E-state index contributed by atoms with van der Waals surface area (Å²) in [4.78, 5) is 39.5. The molecule has 7 nitrogen and oxygen atoms in total. The monoisotopic (exact) mass is 409 g/mol. The maximum atomic E-state index is 13.0. The van der Waals surface area contributed by atoms with Crippen molar-refractivity contribution in [3.05, 3.63) is 56.7 Å². The Balaban J connectivity index is 1.34. The zero-order chi connectivity index (χ0) is 20.0. The number of nitrogens with zero attached hydrogens (tertiary/aromatic N) is 4. The van der Waals surface area contributed by atoms with Crippen LogP contribution in [0.1, 0.15) is 35.2 Å². The van der Waals surface area contributed by atoms with Crippen LogP contribution in [0.25, 0.3) is 11.4 Å². The molecule has 3 aromatic rings. The molecule has 5 rings (SSSR count). The lowest BCUT2D eigenvalue weighted by atomic mass is 9.82. The first-order valence-corrected chi connectivity index (χ1v) is 10.9. The minimum Gasteiger partial charge on any atom is -0.344 e. The van der Waals surface area contributed by atoms with Gasteiger partial charge < -0.3 is 14.5 Å². The fourth-order valence-corrected chi connectivity index (χ4v) is 5.31. The van der Waals surface area contributed by atoms with Crippen LogP contribution in [0.15, 0.2) is 34.7 Å². The number of pyridine rings is 1. The molecule has 150 valence electrons. The summed E-state index contributed by atoms with van der Waals surface area (Å²) in [6, 6.07) is 3.89. The van der Waals surface area contributed by atoms with Crippen LogP contribution in [0.2, 0.25) is 0 Å². The third kappa shape index (κ3) is 3.42. The molecule has 0 saturated carbocycles. The number of H-pyrrole nitrogens is 1. The fourth-order valence-electron chi connectivity index (χ4n) is 4.66. The lowest BCUT2D eigenvalue weighted by molar-refractivity contribution is -0.133. The number of aromatic nitrogens is 4. The number of thiazole rings is 1. The molecule has 0 unspecified atom stereocenters. The molecule has 2 aliphatic heterocycles. The van der Waals surface area contributed by atoms with Gasteiger partial charge in [0.05, 0.1) is 16.3 Å². The van der Waals surface area contributed by atoms with Gasteiger partial charge in [-0.2, -0.15) is 0 Å². The number of hydrogen-bond donors (Lipinski definition) is 1. The summed E-state index contributed by atoms with van der Waals surface area (Å²) in [7, 11) is 0. The minimum atomic E-state index is 0.00540. The molecule has 3 aromatic heterocycles. The number of imidazole rings is 1. The highest BCUT2D eigenvalue weighted by molar-refractivity contribution is 7.09. The number of piperidine rings is 1. The van der Waals surface area contributed by atoms with Crippen LogP contribution in [-0.2, 0) is 17.8 Å². The van der Waals surface area contributed by atoms with E-state index in [4.69, 9.17) is 0 Å². The van der Waals surface area contributed by atoms with Crippen molar-refractivity contribution in [2.24, 2.45) is 5.92 Å². The zero-order valence-electron chi connectivity index (χ0n) is 16.3. The summed E-state index contributed by atoms with van der Waals surface area (Å²) in [6.07, 6.45) is 5.60. The Hall–Kier alpha value is -2.74. The van der Waals surface area contributed by atoms with Gasteiger partial charge in [0.2, 0.25) is 5.91 Å². The van der Waals surface area contributed by atoms with Crippen LogP contribution in [0.4, 0.5) is 0 Å². The van der Waals surface area contributed by atoms with Crippen molar-refractivity contribution in [2.75, 3.05) is 13.1 Å². The average molecular weight is 410 g/mol. The van der Waals surface area contributed by atoms with E-state index in [1.165, 1.54) is 0 Å². The number of rotatable bonds is 4. The molecule has 5 heterocycles. The molecule has 1 fully saturated rings. The van der Waals surface area contributed by atoms with Gasteiger partial charge in [-0.1, -0.05) is 0 Å². The minimum absolute atomic E-state index is 0.00540. The topological polar surface area (TPSA) is 83.9 Å². The molecule has 2 aliphatic rings. The summed E-state index contributed by atoms with van der Waals surface area (Å²) >= 11 is 1.62. The average Bonchev–Trinajstić information content (AvgIpc) is 3.39. The smallest absolute Gasteiger partial charge is 0.261 e. The fraction of sp³-hybridized carbons (Fsp3) is 0.429. The molecule has 8 heteroatoms. The first-order valence-electron chi connectivity index (χ1n) is 10.0. The van der Waals surface area contributed by atoms with E-state index in [1.54, 1.807) is 23.7 Å². The second-order valence-electron chi connectivity index (χ2n) is 7.98. The van der Waals surface area contributed by atoms with E-state index in [0.29, 0.717) is 43.2 Å². The van der Waals surface area contributed by atoms with E-state index in [2.05, 4.69) is 15.0 Å². The summed E-state index contributed by atoms with van der Waals surface area (Å²) < 4.78 is 1.90. The highest BCUT2D eigenvalue weighted by Gasteiger charge is 2.36. The lowest BCUT2D eigenvalue weighted by Gasteiger charge is -2.43. The number of amides is 1. The Morgan fingerprint density at radius 2 is 2.21 bits per heavy atom. The number of carbonyl (C=O) groups is 1. The Morgan fingerprint density at radius 3 is 2.97 bits per heavy atom. The summed E-state index contributed by atoms with van der Waals surface area (Å²) in [6.45, 7) is 4.06. The molecule has 2 atom stereocenters. The second-order valence-corrected chi connectivity index (χ2v) is 9.04. The molecular formula is C21H23N5O2S. The Kier molecular flexibility index (Phi) is 4.58. The predicted octanol–water partition coefficient (Wildman–Crippen LogP) is 2.58. The molecule has 29 heavy (non-hydrogen) atoms. The maximum Gasteiger partial charge on any atom is 0.261 e. The van der Waals surface area contributed by atoms with Gasteiger partial charge in [-0.3, -0.25) is 9.59 Å². The van der Waals surface area contributed by atoms with Crippen LogP contribution in [0.3, 0.4) is 0 Å². The van der Waals surface area contributed by atoms with Crippen LogP contribution in [0, 0.1) is 12.8 Å². The Labute approximate surface area is 172 Å². The number of hydrogen-bond acceptors (Lipinski definition) is 5. The first kappa shape index (κ1) is 18.3. The van der Waals surface area contributed by atoms with E-state index in [9.17, 15) is 9.59 Å². The molecule has 2 bridgehead atoms. The van der Waals surface area contributed by atoms with Crippen LogP contribution >= 0.6 is 11.3 Å². The van der Waals surface area contributed by atoms with Crippen molar-refractivity contribution in [2.45, 2.75) is 38.6 Å². The Morgan fingerprint density at radius 1 is 1.31 bits per heavy atom. The predicted molar refractivity (Wildman–Crippen MR) is 111 cm³/mol. The van der Waals surface area contributed by atoms with Gasteiger partial charge >= 0.3 is 0 Å². The van der Waals surface area contributed by atoms with Crippen molar-refractivity contribution < 1.29 is 4.79 Å². The molecule has 1 amide bonds. The van der Waals surface area contributed by atoms with E-state index in [-0.39, 0.29) is 17.4 Å². The van der Waals surface area contributed by atoms with Crippen molar-refractivity contribution in [3.8, 4) is 11.4 Å². The third-order valence-corrected chi connectivity index (χ3v) is 6.79. The standard InChI is InChI=1S/C21H23N5O2S/c1-13-24-16(12-29-13)2-5-19(27)25-9-14-8-15(11-25)18-4-3-17(20-22-6-7-23-20)21(28)26(18)10-14/h3-4,6-7,12,14-15H,2,5,8-11H2,1H3,(H,22,23)/t14-,15+/m0/s1. The number of aryl methyl sites for hydroxylation is 2. The van der Waals surface area contributed by atoms with Crippen LogP contribution in [0.5, 0.6) is 0 Å². The second kappa shape index (κ2) is 7.26. The number of aromatic amines is 1. The SMILES string of the molecule is Cc1nc(CCC(=O)N2C[C@@H]3C[C@H](C2)c2ccc(-c4ncc[nH]4)c(=O)n2C3)cs1. The number of likely N-dealkylation sites (tertiary alicyclic amines) is 1. The van der Waals surface area contributed by atoms with Gasteiger partial charge in [-0.15, -0.1) is 11.3 Å².